The van der Waals surface area contributed by atoms with Gasteiger partial charge in [-0.05, 0) is 31.2 Å². The molecule has 5 rings (SSSR count). The number of nitrogens with one attached hydrogen (secondary N) is 1. The number of nitrogens with zero attached hydrogens (tertiary/aromatic N) is 2. The van der Waals surface area contributed by atoms with Gasteiger partial charge in [0.2, 0.25) is 0 Å². The van der Waals surface area contributed by atoms with Gasteiger partial charge in [0.05, 0.1) is 0 Å². The van der Waals surface area contributed by atoms with Crippen molar-refractivity contribution in [3.8, 4) is 22.8 Å². The van der Waals surface area contributed by atoms with Crippen molar-refractivity contribution in [3.63, 3.8) is 0 Å². The maximum absolute atomic E-state index is 5.72. The number of hydrogen-bond donors (Lipinski definition) is 1. The van der Waals surface area contributed by atoms with Crippen LogP contribution in [0.4, 0.5) is 11.5 Å². The molecular formula is C22H19N3O2. The molecule has 0 amide bonds. The molecule has 0 bridgehead atoms. The van der Waals surface area contributed by atoms with Crippen molar-refractivity contribution in [1.29, 1.82) is 0 Å². The smallest absolute Gasteiger partial charge is 0.163 e. The maximum Gasteiger partial charge on any atom is 0.163 e. The summed E-state index contributed by atoms with van der Waals surface area (Å²) in [6.45, 7) is 3.24. The Morgan fingerprint density at radius 3 is 2.56 bits per heavy atom. The highest BCUT2D eigenvalue weighted by atomic mass is 16.6. The van der Waals surface area contributed by atoms with Crippen LogP contribution < -0.4 is 14.8 Å². The van der Waals surface area contributed by atoms with Crippen LogP contribution in [-0.2, 0) is 0 Å². The Labute approximate surface area is 157 Å². The lowest BCUT2D eigenvalue weighted by Gasteiger charge is -2.19. The Kier molecular flexibility index (Phi) is 3.71. The van der Waals surface area contributed by atoms with Gasteiger partial charge < -0.3 is 14.8 Å². The highest BCUT2D eigenvalue weighted by Crippen LogP contribution is 2.36. The predicted octanol–water partition coefficient (Wildman–Crippen LogP) is 4.82. The van der Waals surface area contributed by atoms with E-state index in [0.29, 0.717) is 13.2 Å². The average Bonchev–Trinajstić information content (AvgIpc) is 3.08. The molecule has 0 saturated heterocycles. The molecule has 4 aromatic rings. The summed E-state index contributed by atoms with van der Waals surface area (Å²) in [6.07, 6.45) is 0. The lowest BCUT2D eigenvalue weighted by molar-refractivity contribution is 0.171. The van der Waals surface area contributed by atoms with Crippen LogP contribution in [0.1, 0.15) is 5.69 Å². The van der Waals surface area contributed by atoms with Crippen LogP contribution in [0.5, 0.6) is 11.5 Å². The van der Waals surface area contributed by atoms with Gasteiger partial charge in [-0.15, -0.1) is 0 Å². The minimum absolute atomic E-state index is 0.570. The minimum Gasteiger partial charge on any atom is -0.486 e. The molecule has 0 aliphatic carbocycles. The standard InChI is InChI=1S/C22H19N3O2/c1-15-6-5-9-20-24-21(16-7-3-2-4-8-16)22(25(15)20)23-17-10-11-18-19(14-17)27-13-12-26-18/h2-11,14,23H,12-13H2,1H3. The Morgan fingerprint density at radius 2 is 1.70 bits per heavy atom. The van der Waals surface area contributed by atoms with Crippen LogP contribution in [0.15, 0.2) is 66.7 Å². The summed E-state index contributed by atoms with van der Waals surface area (Å²) >= 11 is 0. The third kappa shape index (κ3) is 2.77. The number of imidazole rings is 1. The number of ether oxygens (including phenoxy) is 2. The van der Waals surface area contributed by atoms with E-state index in [1.165, 1.54) is 0 Å². The van der Waals surface area contributed by atoms with E-state index in [1.54, 1.807) is 0 Å². The summed E-state index contributed by atoms with van der Waals surface area (Å²) in [7, 11) is 0. The second-order valence-corrected chi connectivity index (χ2v) is 6.52. The van der Waals surface area contributed by atoms with Gasteiger partial charge in [0.15, 0.2) is 11.5 Å². The molecule has 1 aliphatic heterocycles. The first-order valence-corrected chi connectivity index (χ1v) is 9.00. The highest BCUT2D eigenvalue weighted by molar-refractivity contribution is 5.80. The number of anilines is 2. The van der Waals surface area contributed by atoms with Crippen LogP contribution in [0, 0.1) is 6.92 Å². The van der Waals surface area contributed by atoms with Gasteiger partial charge in [0.25, 0.3) is 0 Å². The lowest BCUT2D eigenvalue weighted by atomic mass is 10.1. The van der Waals surface area contributed by atoms with Crippen LogP contribution in [-0.4, -0.2) is 22.6 Å². The van der Waals surface area contributed by atoms with Crippen LogP contribution in [0.2, 0.25) is 0 Å². The van der Waals surface area contributed by atoms with Gasteiger partial charge in [-0.1, -0.05) is 36.4 Å². The molecule has 2 aromatic heterocycles. The highest BCUT2D eigenvalue weighted by Gasteiger charge is 2.17. The van der Waals surface area contributed by atoms with E-state index in [0.717, 1.165) is 45.6 Å². The quantitative estimate of drug-likeness (QED) is 0.571. The Hall–Kier alpha value is -3.47. The molecule has 27 heavy (non-hydrogen) atoms. The molecule has 0 unspecified atom stereocenters. The number of pyridine rings is 1. The number of fused-ring (bicyclic) bond motifs is 2. The molecular weight excluding hydrogens is 338 g/mol. The van der Waals surface area contributed by atoms with Crippen molar-refractivity contribution in [3.05, 3.63) is 72.4 Å². The number of rotatable bonds is 3. The molecule has 134 valence electrons. The van der Waals surface area contributed by atoms with Crippen LogP contribution in [0.25, 0.3) is 16.9 Å². The topological polar surface area (TPSA) is 47.8 Å². The van der Waals surface area contributed by atoms with E-state index in [2.05, 4.69) is 34.8 Å². The first-order chi connectivity index (χ1) is 13.3. The van der Waals surface area contributed by atoms with E-state index >= 15 is 0 Å². The molecule has 2 aromatic carbocycles. The number of aromatic nitrogens is 2. The molecule has 0 saturated carbocycles. The largest absolute Gasteiger partial charge is 0.486 e. The summed E-state index contributed by atoms with van der Waals surface area (Å²) in [5.74, 6) is 2.48. The van der Waals surface area contributed by atoms with Gasteiger partial charge in [-0.25, -0.2) is 4.98 Å². The summed E-state index contributed by atoms with van der Waals surface area (Å²) in [6, 6.07) is 22.3. The fourth-order valence-corrected chi connectivity index (χ4v) is 3.42. The van der Waals surface area contributed by atoms with Gasteiger partial charge in [-0.2, -0.15) is 0 Å². The third-order valence-corrected chi connectivity index (χ3v) is 4.69. The van der Waals surface area contributed by atoms with E-state index in [1.807, 2.05) is 48.5 Å². The molecule has 5 heteroatoms. The summed E-state index contributed by atoms with van der Waals surface area (Å²) in [5, 5.41) is 3.55. The lowest BCUT2D eigenvalue weighted by Crippen LogP contribution is -2.15. The van der Waals surface area contributed by atoms with Crippen molar-refractivity contribution >= 4 is 17.2 Å². The van der Waals surface area contributed by atoms with Crippen LogP contribution in [0.3, 0.4) is 0 Å². The molecule has 5 nitrogen and oxygen atoms in total. The molecule has 0 atom stereocenters. The number of aryl methyl sites for hydroxylation is 1. The first kappa shape index (κ1) is 15.8. The summed E-state index contributed by atoms with van der Waals surface area (Å²) < 4.78 is 13.5. The zero-order valence-corrected chi connectivity index (χ0v) is 15.0. The molecule has 0 radical (unpaired) electrons. The van der Waals surface area contributed by atoms with E-state index in [4.69, 9.17) is 14.5 Å². The van der Waals surface area contributed by atoms with Crippen molar-refractivity contribution in [2.45, 2.75) is 6.92 Å². The van der Waals surface area contributed by atoms with Crippen molar-refractivity contribution in [2.75, 3.05) is 18.5 Å². The third-order valence-electron chi connectivity index (χ3n) is 4.69. The Morgan fingerprint density at radius 1 is 0.889 bits per heavy atom. The summed E-state index contributed by atoms with van der Waals surface area (Å²) in [5.41, 5.74) is 4.94. The Bertz CT molecular complexity index is 1120. The molecule has 0 spiro atoms. The maximum atomic E-state index is 5.72. The predicted molar refractivity (Wildman–Crippen MR) is 106 cm³/mol. The Balaban J connectivity index is 1.65. The SMILES string of the molecule is Cc1cccc2nc(-c3ccccc3)c(Nc3ccc4c(c3)OCCO4)n12. The van der Waals surface area contributed by atoms with E-state index in [9.17, 15) is 0 Å². The second kappa shape index (κ2) is 6.36. The van der Waals surface area contributed by atoms with E-state index in [-0.39, 0.29) is 0 Å². The van der Waals surface area contributed by atoms with Crippen LogP contribution >= 0.6 is 0 Å². The van der Waals surface area contributed by atoms with Gasteiger partial charge in [0, 0.05) is 23.0 Å². The molecule has 1 aliphatic rings. The monoisotopic (exact) mass is 357 g/mol. The van der Waals surface area contributed by atoms with E-state index < -0.39 is 0 Å². The fraction of sp³-hybridized carbons (Fsp3) is 0.136. The van der Waals surface area contributed by atoms with Gasteiger partial charge >= 0.3 is 0 Å². The zero-order chi connectivity index (χ0) is 18.2. The average molecular weight is 357 g/mol. The molecule has 0 fully saturated rings. The fourth-order valence-electron chi connectivity index (χ4n) is 3.42. The first-order valence-electron chi connectivity index (χ1n) is 9.00. The molecule has 3 heterocycles. The normalized spacial score (nSPS) is 12.9. The van der Waals surface area contributed by atoms with Gasteiger partial charge in [-0.3, -0.25) is 4.40 Å². The zero-order valence-electron chi connectivity index (χ0n) is 15.0. The summed E-state index contributed by atoms with van der Waals surface area (Å²) in [4.78, 5) is 4.87. The van der Waals surface area contributed by atoms with Crippen molar-refractivity contribution in [1.82, 2.24) is 9.38 Å². The number of hydrogen-bond acceptors (Lipinski definition) is 4. The second-order valence-electron chi connectivity index (χ2n) is 6.52. The molecule has 1 N–H and O–H groups in total. The minimum atomic E-state index is 0.570. The van der Waals surface area contributed by atoms with Crippen molar-refractivity contribution < 1.29 is 9.47 Å². The number of benzene rings is 2. The van der Waals surface area contributed by atoms with Gasteiger partial charge in [0.1, 0.15) is 30.4 Å². The van der Waals surface area contributed by atoms with Crippen molar-refractivity contribution in [2.24, 2.45) is 0 Å².